The van der Waals surface area contributed by atoms with E-state index in [-0.39, 0.29) is 0 Å². The normalized spacial score (nSPS) is 12.4. The van der Waals surface area contributed by atoms with Crippen molar-refractivity contribution in [1.29, 1.82) is 0 Å². The summed E-state index contributed by atoms with van der Waals surface area (Å²) in [6.45, 7) is 2.66. The van der Waals surface area contributed by atoms with Gasteiger partial charge in [-0.05, 0) is 31.0 Å². The van der Waals surface area contributed by atoms with E-state index in [2.05, 4.69) is 14.9 Å². The topological polar surface area (TPSA) is 49.3 Å². The maximum Gasteiger partial charge on any atom is 0.185 e. The highest BCUT2D eigenvalue weighted by atomic mass is 32.1. The first-order valence-electron chi connectivity index (χ1n) is 5.90. The van der Waals surface area contributed by atoms with Gasteiger partial charge in [0.2, 0.25) is 0 Å². The molecule has 0 aliphatic carbocycles. The van der Waals surface area contributed by atoms with Crippen LogP contribution in [0.3, 0.4) is 0 Å². The maximum absolute atomic E-state index is 9.47. The van der Waals surface area contributed by atoms with E-state index in [1.54, 1.807) is 13.1 Å². The zero-order valence-electron chi connectivity index (χ0n) is 10.6. The highest BCUT2D eigenvalue weighted by molar-refractivity contribution is 7.15. The molecule has 96 valence electrons. The van der Waals surface area contributed by atoms with Gasteiger partial charge in [0, 0.05) is 32.2 Å². The van der Waals surface area contributed by atoms with Crippen LogP contribution >= 0.6 is 11.3 Å². The summed E-state index contributed by atoms with van der Waals surface area (Å²) in [7, 11) is 2.02. The lowest BCUT2D eigenvalue weighted by atomic mass is 10.2. The molecule has 0 amide bonds. The van der Waals surface area contributed by atoms with E-state index < -0.39 is 6.10 Å². The van der Waals surface area contributed by atoms with Gasteiger partial charge in [-0.1, -0.05) is 11.3 Å². The average Bonchev–Trinajstić information content (AvgIpc) is 2.87. The summed E-state index contributed by atoms with van der Waals surface area (Å²) >= 11 is 1.54. The lowest BCUT2D eigenvalue weighted by molar-refractivity contribution is 0.203. The molecule has 0 saturated carbocycles. The van der Waals surface area contributed by atoms with Crippen molar-refractivity contribution < 1.29 is 5.11 Å². The van der Waals surface area contributed by atoms with Crippen molar-refractivity contribution in [3.8, 4) is 0 Å². The molecular weight excluding hydrogens is 246 g/mol. The SMILES string of the molecule is CC(O)c1cnc(N(C)CCc2ccncc2)s1. The lowest BCUT2D eigenvalue weighted by Gasteiger charge is -2.15. The Morgan fingerprint density at radius 1 is 1.39 bits per heavy atom. The van der Waals surface area contributed by atoms with Crippen LogP contribution in [0.2, 0.25) is 0 Å². The predicted molar refractivity (Wildman–Crippen MR) is 74.0 cm³/mol. The van der Waals surface area contributed by atoms with Crippen LogP contribution < -0.4 is 4.90 Å². The van der Waals surface area contributed by atoms with E-state index in [4.69, 9.17) is 0 Å². The van der Waals surface area contributed by atoms with Gasteiger partial charge in [-0.2, -0.15) is 0 Å². The molecule has 0 aromatic carbocycles. The third-order valence-corrected chi connectivity index (χ3v) is 4.02. The minimum atomic E-state index is -0.440. The van der Waals surface area contributed by atoms with E-state index in [9.17, 15) is 5.11 Å². The van der Waals surface area contributed by atoms with E-state index in [1.165, 1.54) is 16.9 Å². The molecule has 2 heterocycles. The molecule has 0 aliphatic rings. The van der Waals surface area contributed by atoms with Crippen LogP contribution in [-0.2, 0) is 6.42 Å². The van der Waals surface area contributed by atoms with E-state index in [0.29, 0.717) is 0 Å². The van der Waals surface area contributed by atoms with Crippen LogP contribution in [-0.4, -0.2) is 28.7 Å². The summed E-state index contributed by atoms with van der Waals surface area (Å²) in [5.41, 5.74) is 1.27. The van der Waals surface area contributed by atoms with E-state index in [0.717, 1.165) is 23.0 Å². The number of hydrogen-bond acceptors (Lipinski definition) is 5. The Kier molecular flexibility index (Phi) is 4.28. The predicted octanol–water partition coefficient (Wildman–Crippen LogP) is 2.27. The second kappa shape index (κ2) is 5.93. The zero-order chi connectivity index (χ0) is 13.0. The molecule has 0 bridgehead atoms. The molecule has 5 heteroatoms. The van der Waals surface area contributed by atoms with Gasteiger partial charge in [-0.25, -0.2) is 4.98 Å². The van der Waals surface area contributed by atoms with Crippen molar-refractivity contribution in [2.24, 2.45) is 0 Å². The molecule has 2 aromatic rings. The van der Waals surface area contributed by atoms with Gasteiger partial charge in [0.1, 0.15) is 0 Å². The summed E-state index contributed by atoms with van der Waals surface area (Å²) in [5, 5.41) is 10.4. The number of aliphatic hydroxyl groups excluding tert-OH is 1. The number of aromatic nitrogens is 2. The molecule has 0 saturated heterocycles. The standard InChI is InChI=1S/C13H17N3OS/c1-10(17)12-9-15-13(18-12)16(2)8-5-11-3-6-14-7-4-11/h3-4,6-7,9-10,17H,5,8H2,1-2H3. The smallest absolute Gasteiger partial charge is 0.185 e. The summed E-state index contributed by atoms with van der Waals surface area (Å²) in [5.74, 6) is 0. The van der Waals surface area contributed by atoms with Crippen LogP contribution in [0.1, 0.15) is 23.5 Å². The van der Waals surface area contributed by atoms with Crippen LogP contribution in [0, 0.1) is 0 Å². The van der Waals surface area contributed by atoms with Crippen LogP contribution in [0.5, 0.6) is 0 Å². The molecule has 18 heavy (non-hydrogen) atoms. The average molecular weight is 263 g/mol. The summed E-state index contributed by atoms with van der Waals surface area (Å²) < 4.78 is 0. The largest absolute Gasteiger partial charge is 0.388 e. The minimum Gasteiger partial charge on any atom is -0.388 e. The van der Waals surface area contributed by atoms with Crippen molar-refractivity contribution in [3.63, 3.8) is 0 Å². The van der Waals surface area contributed by atoms with Gasteiger partial charge >= 0.3 is 0 Å². The van der Waals surface area contributed by atoms with Crippen LogP contribution in [0.15, 0.2) is 30.7 Å². The van der Waals surface area contributed by atoms with Crippen molar-refractivity contribution in [1.82, 2.24) is 9.97 Å². The van der Waals surface area contributed by atoms with Crippen LogP contribution in [0.25, 0.3) is 0 Å². The Hall–Kier alpha value is -1.46. The fraction of sp³-hybridized carbons (Fsp3) is 0.385. The van der Waals surface area contributed by atoms with Crippen molar-refractivity contribution in [2.75, 3.05) is 18.5 Å². The Morgan fingerprint density at radius 2 is 2.11 bits per heavy atom. The molecule has 1 atom stereocenters. The Morgan fingerprint density at radius 3 is 2.72 bits per heavy atom. The highest BCUT2D eigenvalue weighted by Gasteiger charge is 2.10. The fourth-order valence-corrected chi connectivity index (χ4v) is 2.43. The summed E-state index contributed by atoms with van der Waals surface area (Å²) in [6, 6.07) is 4.05. The second-order valence-electron chi connectivity index (χ2n) is 4.25. The quantitative estimate of drug-likeness (QED) is 0.899. The number of rotatable bonds is 5. The molecule has 0 fully saturated rings. The number of anilines is 1. The van der Waals surface area contributed by atoms with Crippen molar-refractivity contribution >= 4 is 16.5 Å². The molecule has 0 radical (unpaired) electrons. The molecule has 1 unspecified atom stereocenters. The molecule has 2 aromatic heterocycles. The van der Waals surface area contributed by atoms with E-state index in [1.807, 2.05) is 31.6 Å². The third-order valence-electron chi connectivity index (χ3n) is 2.73. The summed E-state index contributed by atoms with van der Waals surface area (Å²) in [4.78, 5) is 11.3. The third kappa shape index (κ3) is 3.27. The number of thiazole rings is 1. The zero-order valence-corrected chi connectivity index (χ0v) is 11.4. The first-order chi connectivity index (χ1) is 8.66. The van der Waals surface area contributed by atoms with Gasteiger partial charge in [-0.15, -0.1) is 0 Å². The highest BCUT2D eigenvalue weighted by Crippen LogP contribution is 2.26. The number of nitrogens with zero attached hydrogens (tertiary/aromatic N) is 3. The minimum absolute atomic E-state index is 0.440. The summed E-state index contributed by atoms with van der Waals surface area (Å²) in [6.07, 6.45) is 5.88. The second-order valence-corrected chi connectivity index (χ2v) is 5.29. The van der Waals surface area contributed by atoms with E-state index >= 15 is 0 Å². The van der Waals surface area contributed by atoms with Gasteiger partial charge in [0.25, 0.3) is 0 Å². The van der Waals surface area contributed by atoms with Gasteiger partial charge in [-0.3, -0.25) is 4.98 Å². The van der Waals surface area contributed by atoms with Gasteiger partial charge in [0.15, 0.2) is 5.13 Å². The van der Waals surface area contributed by atoms with Crippen molar-refractivity contribution in [3.05, 3.63) is 41.2 Å². The Bertz CT molecular complexity index is 484. The number of likely N-dealkylation sites (N-methyl/N-ethyl adjacent to an activating group) is 1. The Labute approximate surface area is 111 Å². The molecule has 0 spiro atoms. The molecule has 4 nitrogen and oxygen atoms in total. The molecule has 2 rings (SSSR count). The molecular formula is C13H17N3OS. The van der Waals surface area contributed by atoms with Crippen LogP contribution in [0.4, 0.5) is 5.13 Å². The number of pyridine rings is 1. The van der Waals surface area contributed by atoms with Gasteiger partial charge in [0.05, 0.1) is 11.0 Å². The monoisotopic (exact) mass is 263 g/mol. The lowest BCUT2D eigenvalue weighted by Crippen LogP contribution is -2.19. The van der Waals surface area contributed by atoms with Gasteiger partial charge < -0.3 is 10.0 Å². The molecule has 0 aliphatic heterocycles. The first-order valence-corrected chi connectivity index (χ1v) is 6.72. The number of aliphatic hydroxyl groups is 1. The first kappa shape index (κ1) is 13.0. The fourth-order valence-electron chi connectivity index (χ4n) is 1.59. The molecule has 1 N–H and O–H groups in total. The maximum atomic E-state index is 9.47. The Balaban J connectivity index is 1.93. The van der Waals surface area contributed by atoms with Crippen molar-refractivity contribution in [2.45, 2.75) is 19.4 Å². The number of hydrogen-bond donors (Lipinski definition) is 1.